The fourth-order valence-electron chi connectivity index (χ4n) is 2.41. The summed E-state index contributed by atoms with van der Waals surface area (Å²) in [6, 6.07) is 0.384. The van der Waals surface area contributed by atoms with Gasteiger partial charge in [0.1, 0.15) is 0 Å². The highest BCUT2D eigenvalue weighted by Crippen LogP contribution is 2.11. The molecule has 106 valence electrons. The number of rotatable bonds is 7. The molecule has 1 rings (SSSR count). The van der Waals surface area contributed by atoms with Crippen molar-refractivity contribution in [2.75, 3.05) is 32.7 Å². The highest BCUT2D eigenvalue weighted by Gasteiger charge is 2.21. The molecule has 0 aromatic heterocycles. The number of amides is 1. The Morgan fingerprint density at radius 3 is 2.56 bits per heavy atom. The molecule has 0 bridgehead atoms. The Morgan fingerprint density at radius 2 is 2.00 bits per heavy atom. The van der Waals surface area contributed by atoms with Gasteiger partial charge in [-0.3, -0.25) is 4.79 Å². The molecular weight excluding hydrogens is 226 g/mol. The summed E-state index contributed by atoms with van der Waals surface area (Å²) >= 11 is 0. The summed E-state index contributed by atoms with van der Waals surface area (Å²) in [6.07, 6.45) is 3.41. The summed E-state index contributed by atoms with van der Waals surface area (Å²) in [5.74, 6) is 0.267. The van der Waals surface area contributed by atoms with Gasteiger partial charge < -0.3 is 15.5 Å². The first-order valence-corrected chi connectivity index (χ1v) is 7.40. The fourth-order valence-corrected chi connectivity index (χ4v) is 2.41. The first-order valence-electron chi connectivity index (χ1n) is 7.40. The third-order valence-corrected chi connectivity index (χ3v) is 3.62. The molecule has 1 aliphatic heterocycles. The van der Waals surface area contributed by atoms with Crippen LogP contribution < -0.4 is 10.6 Å². The largest absolute Gasteiger partial charge is 0.353 e. The van der Waals surface area contributed by atoms with E-state index in [9.17, 15) is 4.79 Å². The smallest absolute Gasteiger partial charge is 0.224 e. The molecule has 0 aliphatic carbocycles. The third kappa shape index (κ3) is 5.36. The van der Waals surface area contributed by atoms with E-state index in [0.717, 1.165) is 39.0 Å². The number of hydrogen-bond acceptors (Lipinski definition) is 3. The van der Waals surface area contributed by atoms with Crippen LogP contribution in [0.4, 0.5) is 0 Å². The van der Waals surface area contributed by atoms with Crippen molar-refractivity contribution >= 4 is 5.91 Å². The normalized spacial score (nSPS) is 19.7. The highest BCUT2D eigenvalue weighted by molar-refractivity contribution is 5.78. The van der Waals surface area contributed by atoms with Gasteiger partial charge in [0.15, 0.2) is 0 Å². The lowest BCUT2D eigenvalue weighted by molar-refractivity contribution is -0.125. The number of carbonyl (C=O) groups excluding carboxylic acids is 1. The maximum atomic E-state index is 12.0. The Hall–Kier alpha value is -0.610. The lowest BCUT2D eigenvalue weighted by Gasteiger charge is -2.32. The first-order chi connectivity index (χ1) is 8.67. The van der Waals surface area contributed by atoms with Crippen molar-refractivity contribution in [3.8, 4) is 0 Å². The molecule has 1 aliphatic rings. The van der Waals surface area contributed by atoms with E-state index in [1.807, 2.05) is 6.92 Å². The molecule has 1 saturated heterocycles. The van der Waals surface area contributed by atoms with E-state index in [1.54, 1.807) is 0 Å². The van der Waals surface area contributed by atoms with E-state index in [-0.39, 0.29) is 11.8 Å². The predicted molar refractivity (Wildman–Crippen MR) is 75.6 cm³/mol. The van der Waals surface area contributed by atoms with Gasteiger partial charge in [0.25, 0.3) is 0 Å². The van der Waals surface area contributed by atoms with E-state index < -0.39 is 0 Å². The minimum absolute atomic E-state index is 0.0682. The van der Waals surface area contributed by atoms with Crippen LogP contribution in [0.1, 0.15) is 40.0 Å². The van der Waals surface area contributed by atoms with Crippen LogP contribution in [-0.4, -0.2) is 49.6 Å². The van der Waals surface area contributed by atoms with Gasteiger partial charge in [-0.05, 0) is 32.4 Å². The maximum absolute atomic E-state index is 12.0. The van der Waals surface area contributed by atoms with E-state index in [1.165, 1.54) is 13.0 Å². The molecule has 1 heterocycles. The monoisotopic (exact) mass is 255 g/mol. The van der Waals surface area contributed by atoms with Gasteiger partial charge in [-0.1, -0.05) is 20.8 Å². The molecule has 2 N–H and O–H groups in total. The molecule has 1 unspecified atom stereocenters. The van der Waals surface area contributed by atoms with Gasteiger partial charge in [-0.15, -0.1) is 0 Å². The molecule has 18 heavy (non-hydrogen) atoms. The highest BCUT2D eigenvalue weighted by atomic mass is 16.1. The van der Waals surface area contributed by atoms with Crippen LogP contribution in [0.15, 0.2) is 0 Å². The maximum Gasteiger partial charge on any atom is 0.224 e. The first kappa shape index (κ1) is 15.4. The SMILES string of the molecule is CCCN1CCC(NC(=O)C(C)CNCC)CC1. The van der Waals surface area contributed by atoms with Crippen LogP contribution >= 0.6 is 0 Å². The lowest BCUT2D eigenvalue weighted by Crippen LogP contribution is -2.47. The standard InChI is InChI=1S/C14H29N3O/c1-4-8-17-9-6-13(7-10-17)16-14(18)12(3)11-15-5-2/h12-13,15H,4-11H2,1-3H3,(H,16,18). The van der Waals surface area contributed by atoms with Gasteiger partial charge in [0.05, 0.1) is 0 Å². The molecule has 0 spiro atoms. The summed E-state index contributed by atoms with van der Waals surface area (Å²) in [4.78, 5) is 14.5. The van der Waals surface area contributed by atoms with Gasteiger partial charge in [0, 0.05) is 31.6 Å². The molecule has 0 saturated carbocycles. The van der Waals surface area contributed by atoms with Crippen LogP contribution in [0, 0.1) is 5.92 Å². The van der Waals surface area contributed by atoms with E-state index in [0.29, 0.717) is 6.04 Å². The van der Waals surface area contributed by atoms with Crippen molar-refractivity contribution in [3.05, 3.63) is 0 Å². The van der Waals surface area contributed by atoms with Crippen molar-refractivity contribution < 1.29 is 4.79 Å². The van der Waals surface area contributed by atoms with Crippen LogP contribution in [0.5, 0.6) is 0 Å². The van der Waals surface area contributed by atoms with Crippen molar-refractivity contribution in [1.29, 1.82) is 0 Å². The van der Waals surface area contributed by atoms with Crippen molar-refractivity contribution in [3.63, 3.8) is 0 Å². The third-order valence-electron chi connectivity index (χ3n) is 3.62. The Balaban J connectivity index is 2.21. The summed E-state index contributed by atoms with van der Waals surface area (Å²) in [7, 11) is 0. The topological polar surface area (TPSA) is 44.4 Å². The number of piperidine rings is 1. The van der Waals surface area contributed by atoms with Crippen LogP contribution in [0.3, 0.4) is 0 Å². The molecule has 1 amide bonds. The molecule has 0 aromatic carbocycles. The molecule has 1 fully saturated rings. The Labute approximate surface area is 111 Å². The molecule has 4 nitrogen and oxygen atoms in total. The van der Waals surface area contributed by atoms with Gasteiger partial charge in [-0.25, -0.2) is 0 Å². The quantitative estimate of drug-likeness (QED) is 0.719. The van der Waals surface area contributed by atoms with Gasteiger partial charge in [-0.2, -0.15) is 0 Å². The zero-order chi connectivity index (χ0) is 13.4. The Bertz CT molecular complexity index is 237. The predicted octanol–water partition coefficient (Wildman–Crippen LogP) is 1.22. The van der Waals surface area contributed by atoms with Crippen molar-refractivity contribution in [2.24, 2.45) is 5.92 Å². The minimum Gasteiger partial charge on any atom is -0.353 e. The van der Waals surface area contributed by atoms with E-state index >= 15 is 0 Å². The van der Waals surface area contributed by atoms with E-state index in [4.69, 9.17) is 0 Å². The number of nitrogens with zero attached hydrogens (tertiary/aromatic N) is 1. The Kier molecular flexibility index (Phi) is 7.28. The zero-order valence-electron chi connectivity index (χ0n) is 12.2. The van der Waals surface area contributed by atoms with Crippen molar-refractivity contribution in [1.82, 2.24) is 15.5 Å². The van der Waals surface area contributed by atoms with Gasteiger partial charge >= 0.3 is 0 Å². The fraction of sp³-hybridized carbons (Fsp3) is 0.929. The minimum atomic E-state index is 0.0682. The molecular formula is C14H29N3O. The van der Waals surface area contributed by atoms with Crippen LogP contribution in [0.25, 0.3) is 0 Å². The Morgan fingerprint density at radius 1 is 1.33 bits per heavy atom. The number of nitrogens with one attached hydrogen (secondary N) is 2. The number of hydrogen-bond donors (Lipinski definition) is 2. The summed E-state index contributed by atoms with van der Waals surface area (Å²) in [5, 5.41) is 6.41. The second-order valence-corrected chi connectivity index (χ2v) is 5.33. The lowest BCUT2D eigenvalue weighted by atomic mass is 10.0. The second kappa shape index (κ2) is 8.48. The zero-order valence-corrected chi connectivity index (χ0v) is 12.2. The van der Waals surface area contributed by atoms with E-state index in [2.05, 4.69) is 29.4 Å². The molecule has 1 atom stereocenters. The summed E-state index contributed by atoms with van der Waals surface area (Å²) in [6.45, 7) is 11.4. The summed E-state index contributed by atoms with van der Waals surface area (Å²) in [5.41, 5.74) is 0. The molecule has 4 heteroatoms. The second-order valence-electron chi connectivity index (χ2n) is 5.33. The average Bonchev–Trinajstić information content (AvgIpc) is 2.38. The van der Waals surface area contributed by atoms with Gasteiger partial charge in [0.2, 0.25) is 5.91 Å². The van der Waals surface area contributed by atoms with Crippen LogP contribution in [-0.2, 0) is 4.79 Å². The summed E-state index contributed by atoms with van der Waals surface area (Å²) < 4.78 is 0. The number of carbonyl (C=O) groups is 1. The molecule has 0 radical (unpaired) electrons. The average molecular weight is 255 g/mol. The number of likely N-dealkylation sites (tertiary alicyclic amines) is 1. The van der Waals surface area contributed by atoms with Crippen molar-refractivity contribution in [2.45, 2.75) is 46.1 Å². The van der Waals surface area contributed by atoms with Crippen LogP contribution in [0.2, 0.25) is 0 Å². The molecule has 0 aromatic rings.